The number of carbonyl (C=O) groups is 1. The lowest BCUT2D eigenvalue weighted by Crippen LogP contribution is -2.51. The van der Waals surface area contributed by atoms with Crippen LogP contribution in [0.4, 0.5) is 5.69 Å². The third-order valence-electron chi connectivity index (χ3n) is 4.56. The maximum Gasteiger partial charge on any atom is 0.289 e. The number of piperazine rings is 1. The molecule has 0 radical (unpaired) electrons. The van der Waals surface area contributed by atoms with E-state index in [4.69, 9.17) is 0 Å². The monoisotopic (exact) mass is 369 g/mol. The number of carbonyl (C=O) groups excluding carboxylic acids is 1. The predicted molar refractivity (Wildman–Crippen MR) is 92.5 cm³/mol. The van der Waals surface area contributed by atoms with Crippen LogP contribution >= 0.6 is 0 Å². The van der Waals surface area contributed by atoms with Crippen molar-refractivity contribution in [2.75, 3.05) is 26.2 Å². The molecule has 1 saturated heterocycles. The van der Waals surface area contributed by atoms with E-state index in [1.54, 1.807) is 4.90 Å². The molecule has 0 spiro atoms. The minimum absolute atomic E-state index is 0.0432. The van der Waals surface area contributed by atoms with Gasteiger partial charge in [0.05, 0.1) is 4.92 Å². The fourth-order valence-electron chi connectivity index (χ4n) is 3.01. The molecule has 1 amide bonds. The first-order chi connectivity index (χ1) is 11.8. The second-order valence-corrected chi connectivity index (χ2v) is 7.87. The molecular weight excluding hydrogens is 346 g/mol. The molecule has 9 heteroatoms. The molecule has 0 saturated carbocycles. The Balaban J connectivity index is 2.15. The molecule has 2 rings (SSSR count). The number of amides is 1. The highest BCUT2D eigenvalue weighted by Gasteiger charge is 2.35. The van der Waals surface area contributed by atoms with Gasteiger partial charge < -0.3 is 4.90 Å². The van der Waals surface area contributed by atoms with Crippen LogP contribution in [0.2, 0.25) is 0 Å². The van der Waals surface area contributed by atoms with E-state index in [1.807, 2.05) is 13.8 Å². The molecule has 0 aliphatic carbocycles. The van der Waals surface area contributed by atoms with Gasteiger partial charge in [0.25, 0.3) is 5.69 Å². The summed E-state index contributed by atoms with van der Waals surface area (Å²) in [6.07, 6.45) is 1.51. The molecule has 138 valence electrons. The Morgan fingerprint density at radius 1 is 1.16 bits per heavy atom. The lowest BCUT2D eigenvalue weighted by molar-refractivity contribution is -0.387. The summed E-state index contributed by atoms with van der Waals surface area (Å²) in [5.41, 5.74) is -0.432. The molecule has 1 aliphatic heterocycles. The van der Waals surface area contributed by atoms with Crippen molar-refractivity contribution in [2.45, 2.75) is 31.6 Å². The summed E-state index contributed by atoms with van der Waals surface area (Å²) in [5, 5.41) is 11.1. The summed E-state index contributed by atoms with van der Waals surface area (Å²) < 4.78 is 26.7. The van der Waals surface area contributed by atoms with Gasteiger partial charge in [0.15, 0.2) is 4.90 Å². The summed E-state index contributed by atoms with van der Waals surface area (Å²) in [6.45, 7) is 4.80. The van der Waals surface area contributed by atoms with Gasteiger partial charge in [-0.2, -0.15) is 4.31 Å². The van der Waals surface area contributed by atoms with Crippen LogP contribution in [-0.4, -0.2) is 54.6 Å². The van der Waals surface area contributed by atoms with E-state index < -0.39 is 20.6 Å². The van der Waals surface area contributed by atoms with E-state index in [0.717, 1.165) is 12.8 Å². The van der Waals surface area contributed by atoms with Crippen LogP contribution in [0.3, 0.4) is 0 Å². The Kier molecular flexibility index (Phi) is 6.12. The van der Waals surface area contributed by atoms with Crippen molar-refractivity contribution in [1.29, 1.82) is 0 Å². The first-order valence-electron chi connectivity index (χ1n) is 8.35. The average Bonchev–Trinajstić information content (AvgIpc) is 2.62. The van der Waals surface area contributed by atoms with Gasteiger partial charge in [-0.1, -0.05) is 26.0 Å². The Morgan fingerprint density at radius 3 is 2.24 bits per heavy atom. The average molecular weight is 369 g/mol. The largest absolute Gasteiger partial charge is 0.340 e. The molecule has 0 atom stereocenters. The molecule has 0 aromatic heterocycles. The van der Waals surface area contributed by atoms with Crippen LogP contribution in [0.15, 0.2) is 29.2 Å². The van der Waals surface area contributed by atoms with Crippen molar-refractivity contribution in [3.63, 3.8) is 0 Å². The van der Waals surface area contributed by atoms with Gasteiger partial charge in [-0.15, -0.1) is 0 Å². The van der Waals surface area contributed by atoms with Gasteiger partial charge in [0.2, 0.25) is 15.9 Å². The number of sulfonamides is 1. The van der Waals surface area contributed by atoms with Crippen molar-refractivity contribution in [2.24, 2.45) is 5.92 Å². The predicted octanol–water partition coefficient (Wildman–Crippen LogP) is 1.86. The summed E-state index contributed by atoms with van der Waals surface area (Å²) in [6, 6.07) is 5.32. The van der Waals surface area contributed by atoms with Gasteiger partial charge >= 0.3 is 0 Å². The number of hydrogen-bond donors (Lipinski definition) is 0. The quantitative estimate of drug-likeness (QED) is 0.563. The highest BCUT2D eigenvalue weighted by Crippen LogP contribution is 2.27. The van der Waals surface area contributed by atoms with Gasteiger partial charge in [-0.3, -0.25) is 14.9 Å². The third kappa shape index (κ3) is 3.98. The van der Waals surface area contributed by atoms with E-state index >= 15 is 0 Å². The van der Waals surface area contributed by atoms with E-state index in [0.29, 0.717) is 13.1 Å². The number of nitrogens with zero attached hydrogens (tertiary/aromatic N) is 3. The second-order valence-electron chi connectivity index (χ2n) is 5.97. The highest BCUT2D eigenvalue weighted by atomic mass is 32.2. The lowest BCUT2D eigenvalue weighted by Gasteiger charge is -2.35. The SMILES string of the molecule is CCC(CC)C(=O)N1CCN(S(=O)(=O)c2ccccc2[N+](=O)[O-])CC1. The van der Waals surface area contributed by atoms with E-state index in [1.165, 1.54) is 28.6 Å². The molecule has 25 heavy (non-hydrogen) atoms. The van der Waals surface area contributed by atoms with Gasteiger partial charge in [-0.05, 0) is 18.9 Å². The van der Waals surface area contributed by atoms with Crippen molar-refractivity contribution >= 4 is 21.6 Å². The fourth-order valence-corrected chi connectivity index (χ4v) is 4.59. The van der Waals surface area contributed by atoms with Crippen molar-refractivity contribution in [3.05, 3.63) is 34.4 Å². The summed E-state index contributed by atoms with van der Waals surface area (Å²) in [7, 11) is -3.96. The summed E-state index contributed by atoms with van der Waals surface area (Å²) in [4.78, 5) is 24.2. The minimum atomic E-state index is -3.96. The fraction of sp³-hybridized carbons (Fsp3) is 0.562. The standard InChI is InChI=1S/C16H23N3O5S/c1-3-13(4-2)16(20)17-9-11-18(12-10-17)25(23,24)15-8-6-5-7-14(15)19(21)22/h5-8,13H,3-4,9-12H2,1-2H3. The maximum absolute atomic E-state index is 12.8. The molecule has 1 aromatic carbocycles. The van der Waals surface area contributed by atoms with Crippen LogP contribution in [0.5, 0.6) is 0 Å². The van der Waals surface area contributed by atoms with Gasteiger partial charge in [-0.25, -0.2) is 8.42 Å². The van der Waals surface area contributed by atoms with Crippen LogP contribution in [0, 0.1) is 16.0 Å². The summed E-state index contributed by atoms with van der Waals surface area (Å²) >= 11 is 0. The third-order valence-corrected chi connectivity index (χ3v) is 6.51. The number of nitro groups is 1. The maximum atomic E-state index is 12.8. The Labute approximate surface area is 147 Å². The molecule has 0 unspecified atom stereocenters. The van der Waals surface area contributed by atoms with Crippen LogP contribution in [-0.2, 0) is 14.8 Å². The Hall–Kier alpha value is -2.00. The molecule has 0 N–H and O–H groups in total. The normalized spacial score (nSPS) is 16.2. The second kappa shape index (κ2) is 7.92. The van der Waals surface area contributed by atoms with Crippen LogP contribution in [0.25, 0.3) is 0 Å². The first-order valence-corrected chi connectivity index (χ1v) is 9.79. The molecular formula is C16H23N3O5S. The topological polar surface area (TPSA) is 101 Å². The number of hydrogen-bond acceptors (Lipinski definition) is 5. The van der Waals surface area contributed by atoms with E-state index in [2.05, 4.69) is 0 Å². The molecule has 1 heterocycles. The van der Waals surface area contributed by atoms with Crippen molar-refractivity contribution in [3.8, 4) is 0 Å². The molecule has 0 bridgehead atoms. The first kappa shape index (κ1) is 19.3. The van der Waals surface area contributed by atoms with Crippen LogP contribution < -0.4 is 0 Å². The zero-order chi connectivity index (χ0) is 18.6. The Bertz CT molecular complexity index is 738. The highest BCUT2D eigenvalue weighted by molar-refractivity contribution is 7.89. The number of nitro benzene ring substituents is 1. The molecule has 8 nitrogen and oxygen atoms in total. The molecule has 1 aromatic rings. The molecule has 1 fully saturated rings. The van der Waals surface area contributed by atoms with Crippen LogP contribution in [0.1, 0.15) is 26.7 Å². The van der Waals surface area contributed by atoms with E-state index in [-0.39, 0.29) is 29.8 Å². The van der Waals surface area contributed by atoms with E-state index in [9.17, 15) is 23.3 Å². The zero-order valence-corrected chi connectivity index (χ0v) is 15.2. The number of para-hydroxylation sites is 1. The van der Waals surface area contributed by atoms with Gasteiger partial charge in [0.1, 0.15) is 0 Å². The summed E-state index contributed by atoms with van der Waals surface area (Å²) in [5.74, 6) is 0.00566. The Morgan fingerprint density at radius 2 is 1.72 bits per heavy atom. The van der Waals surface area contributed by atoms with Crippen molar-refractivity contribution < 1.29 is 18.1 Å². The molecule has 1 aliphatic rings. The smallest absolute Gasteiger partial charge is 0.289 e. The van der Waals surface area contributed by atoms with Crippen molar-refractivity contribution in [1.82, 2.24) is 9.21 Å². The zero-order valence-electron chi connectivity index (χ0n) is 14.4. The number of rotatable bonds is 6. The van der Waals surface area contributed by atoms with Gasteiger partial charge in [0, 0.05) is 38.2 Å². The minimum Gasteiger partial charge on any atom is -0.340 e. The lowest BCUT2D eigenvalue weighted by atomic mass is 10.0. The number of benzene rings is 1.